The molecule has 18 heavy (non-hydrogen) atoms. The van der Waals surface area contributed by atoms with Crippen molar-refractivity contribution in [1.82, 2.24) is 5.32 Å². The number of methoxy groups -OCH3 is 2. The van der Waals surface area contributed by atoms with Crippen molar-refractivity contribution in [2.45, 2.75) is 25.9 Å². The molecule has 0 bridgehead atoms. The first-order valence-corrected chi connectivity index (χ1v) is 6.00. The Hall–Kier alpha value is -1.57. The molecule has 0 aliphatic heterocycles. The Morgan fingerprint density at radius 3 is 2.78 bits per heavy atom. The second-order valence-electron chi connectivity index (χ2n) is 4.21. The van der Waals surface area contributed by atoms with Crippen LogP contribution in [0.25, 0.3) is 0 Å². The number of ether oxygens (including phenoxy) is 2. The largest absolute Gasteiger partial charge is 0.495 e. The van der Waals surface area contributed by atoms with Crippen LogP contribution in [0.15, 0.2) is 18.2 Å². The van der Waals surface area contributed by atoms with Crippen LogP contribution in [0, 0.1) is 11.3 Å². The summed E-state index contributed by atoms with van der Waals surface area (Å²) in [7, 11) is 3.27. The van der Waals surface area contributed by atoms with Crippen molar-refractivity contribution < 1.29 is 9.47 Å². The van der Waals surface area contributed by atoms with Gasteiger partial charge in [-0.05, 0) is 31.0 Å². The summed E-state index contributed by atoms with van der Waals surface area (Å²) >= 11 is 0. The molecule has 4 heteroatoms. The maximum atomic E-state index is 9.00. The predicted octanol–water partition coefficient (Wildman–Crippen LogP) is 2.08. The van der Waals surface area contributed by atoms with Crippen LogP contribution < -0.4 is 10.1 Å². The van der Waals surface area contributed by atoms with Crippen LogP contribution in [0.3, 0.4) is 0 Å². The summed E-state index contributed by atoms with van der Waals surface area (Å²) in [6, 6.07) is 8.18. The van der Waals surface area contributed by atoms with Crippen LogP contribution in [0.5, 0.6) is 5.75 Å². The lowest BCUT2D eigenvalue weighted by Gasteiger charge is -2.13. The SMILES string of the molecule is COCCC(C)NCc1ccc(OC)c(C#N)c1. The van der Waals surface area contributed by atoms with Gasteiger partial charge in [0.1, 0.15) is 11.8 Å². The summed E-state index contributed by atoms with van der Waals surface area (Å²) in [5.41, 5.74) is 1.65. The minimum Gasteiger partial charge on any atom is -0.495 e. The zero-order valence-electron chi connectivity index (χ0n) is 11.2. The second kappa shape index (κ2) is 7.70. The molecule has 1 atom stereocenters. The first kappa shape index (κ1) is 14.5. The van der Waals surface area contributed by atoms with Crippen LogP contribution in [0.2, 0.25) is 0 Å². The first-order valence-electron chi connectivity index (χ1n) is 6.00. The Labute approximate surface area is 109 Å². The van der Waals surface area contributed by atoms with Crippen molar-refractivity contribution in [1.29, 1.82) is 5.26 Å². The third-order valence-corrected chi connectivity index (χ3v) is 2.79. The van der Waals surface area contributed by atoms with Gasteiger partial charge in [0, 0.05) is 26.3 Å². The Bertz CT molecular complexity index is 413. The van der Waals surface area contributed by atoms with E-state index in [1.54, 1.807) is 14.2 Å². The van der Waals surface area contributed by atoms with Gasteiger partial charge in [0.25, 0.3) is 0 Å². The van der Waals surface area contributed by atoms with E-state index in [1.165, 1.54) is 0 Å². The molecule has 1 aromatic rings. The van der Waals surface area contributed by atoms with Gasteiger partial charge in [-0.15, -0.1) is 0 Å². The van der Waals surface area contributed by atoms with Gasteiger partial charge in [-0.1, -0.05) is 6.07 Å². The molecule has 98 valence electrons. The lowest BCUT2D eigenvalue weighted by Crippen LogP contribution is -2.26. The number of rotatable bonds is 7. The molecule has 0 aliphatic rings. The molecular weight excluding hydrogens is 228 g/mol. The summed E-state index contributed by atoms with van der Waals surface area (Å²) in [6.07, 6.45) is 0.970. The number of benzene rings is 1. The molecule has 1 rings (SSSR count). The summed E-state index contributed by atoms with van der Waals surface area (Å²) in [5, 5.41) is 12.4. The summed E-state index contributed by atoms with van der Waals surface area (Å²) in [6.45, 7) is 3.61. The van der Waals surface area contributed by atoms with Gasteiger partial charge in [0.2, 0.25) is 0 Å². The third-order valence-electron chi connectivity index (χ3n) is 2.79. The fraction of sp³-hybridized carbons (Fsp3) is 0.500. The fourth-order valence-corrected chi connectivity index (χ4v) is 1.64. The molecule has 4 nitrogen and oxygen atoms in total. The lowest BCUT2D eigenvalue weighted by atomic mass is 10.1. The van der Waals surface area contributed by atoms with E-state index in [0.29, 0.717) is 17.4 Å². The monoisotopic (exact) mass is 248 g/mol. The van der Waals surface area contributed by atoms with Gasteiger partial charge in [-0.25, -0.2) is 0 Å². The summed E-state index contributed by atoms with van der Waals surface area (Å²) in [4.78, 5) is 0. The average Bonchev–Trinajstić information content (AvgIpc) is 2.42. The third kappa shape index (κ3) is 4.36. The van der Waals surface area contributed by atoms with E-state index < -0.39 is 0 Å². The zero-order valence-corrected chi connectivity index (χ0v) is 11.2. The smallest absolute Gasteiger partial charge is 0.136 e. The highest BCUT2D eigenvalue weighted by atomic mass is 16.5. The number of nitrogens with one attached hydrogen (secondary N) is 1. The van der Waals surface area contributed by atoms with Gasteiger partial charge < -0.3 is 14.8 Å². The van der Waals surface area contributed by atoms with E-state index in [0.717, 1.165) is 25.1 Å². The Morgan fingerprint density at radius 1 is 1.39 bits per heavy atom. The summed E-state index contributed by atoms with van der Waals surface area (Å²) in [5.74, 6) is 0.619. The predicted molar refractivity (Wildman–Crippen MR) is 70.5 cm³/mol. The molecule has 1 N–H and O–H groups in total. The van der Waals surface area contributed by atoms with Crippen molar-refractivity contribution in [3.05, 3.63) is 29.3 Å². The van der Waals surface area contributed by atoms with Crippen molar-refractivity contribution in [2.24, 2.45) is 0 Å². The van der Waals surface area contributed by atoms with Gasteiger partial charge in [0.15, 0.2) is 0 Å². The number of hydrogen-bond acceptors (Lipinski definition) is 4. The summed E-state index contributed by atoms with van der Waals surface area (Å²) < 4.78 is 10.1. The van der Waals surface area contributed by atoms with Gasteiger partial charge in [0.05, 0.1) is 12.7 Å². The van der Waals surface area contributed by atoms with Crippen LogP contribution in [-0.4, -0.2) is 26.9 Å². The number of hydrogen-bond donors (Lipinski definition) is 1. The zero-order chi connectivity index (χ0) is 13.4. The van der Waals surface area contributed by atoms with Crippen molar-refractivity contribution in [2.75, 3.05) is 20.8 Å². The van der Waals surface area contributed by atoms with Crippen LogP contribution in [-0.2, 0) is 11.3 Å². The van der Waals surface area contributed by atoms with Crippen molar-refractivity contribution in [3.63, 3.8) is 0 Å². The topological polar surface area (TPSA) is 54.3 Å². The van der Waals surface area contributed by atoms with E-state index in [2.05, 4.69) is 18.3 Å². The van der Waals surface area contributed by atoms with E-state index >= 15 is 0 Å². The molecule has 1 unspecified atom stereocenters. The molecule has 0 heterocycles. The molecule has 0 saturated heterocycles. The van der Waals surface area contributed by atoms with Crippen LogP contribution in [0.4, 0.5) is 0 Å². The molecule has 0 fully saturated rings. The second-order valence-corrected chi connectivity index (χ2v) is 4.21. The molecule has 1 aromatic carbocycles. The van der Waals surface area contributed by atoms with Gasteiger partial charge in [-0.2, -0.15) is 5.26 Å². The van der Waals surface area contributed by atoms with Crippen molar-refractivity contribution in [3.8, 4) is 11.8 Å². The molecule has 0 amide bonds. The maximum Gasteiger partial charge on any atom is 0.136 e. The molecule has 0 spiro atoms. The normalized spacial score (nSPS) is 11.9. The average molecular weight is 248 g/mol. The molecule has 0 aliphatic carbocycles. The minimum absolute atomic E-state index is 0.387. The van der Waals surface area contributed by atoms with Crippen molar-refractivity contribution >= 4 is 0 Å². The quantitative estimate of drug-likeness (QED) is 0.802. The molecule has 0 aromatic heterocycles. The van der Waals surface area contributed by atoms with Crippen LogP contribution >= 0.6 is 0 Å². The van der Waals surface area contributed by atoms with Gasteiger partial charge in [-0.3, -0.25) is 0 Å². The van der Waals surface area contributed by atoms with E-state index in [1.807, 2.05) is 18.2 Å². The van der Waals surface area contributed by atoms with E-state index in [9.17, 15) is 0 Å². The number of nitriles is 1. The first-order chi connectivity index (χ1) is 8.71. The fourth-order valence-electron chi connectivity index (χ4n) is 1.64. The Morgan fingerprint density at radius 2 is 2.17 bits per heavy atom. The molecular formula is C14H20N2O2. The maximum absolute atomic E-state index is 9.00. The number of nitrogens with zero attached hydrogens (tertiary/aromatic N) is 1. The van der Waals surface area contributed by atoms with Gasteiger partial charge >= 0.3 is 0 Å². The molecule has 0 radical (unpaired) electrons. The highest BCUT2D eigenvalue weighted by Crippen LogP contribution is 2.18. The minimum atomic E-state index is 0.387. The lowest BCUT2D eigenvalue weighted by molar-refractivity contribution is 0.184. The van der Waals surface area contributed by atoms with E-state index in [4.69, 9.17) is 14.7 Å². The Kier molecular flexibility index (Phi) is 6.20. The van der Waals surface area contributed by atoms with Crippen LogP contribution in [0.1, 0.15) is 24.5 Å². The highest BCUT2D eigenvalue weighted by Gasteiger charge is 2.05. The molecule has 0 saturated carbocycles. The standard InChI is InChI=1S/C14H20N2O2/c1-11(6-7-17-2)16-10-12-4-5-14(18-3)13(8-12)9-15/h4-5,8,11,16H,6-7,10H2,1-3H3. The Balaban J connectivity index is 2.55. The van der Waals surface area contributed by atoms with E-state index in [-0.39, 0.29) is 0 Å². The highest BCUT2D eigenvalue weighted by molar-refractivity contribution is 5.45.